The Balaban J connectivity index is 0.00000423. The van der Waals surface area contributed by atoms with Crippen molar-refractivity contribution in [2.24, 2.45) is 0 Å². The average molecular weight is 584 g/mol. The number of benzene rings is 4. The minimum atomic E-state index is 0. The molecule has 0 saturated heterocycles. The average Bonchev–Trinajstić information content (AvgIpc) is 3.04. The Morgan fingerprint density at radius 2 is 1.12 bits per heavy atom. The molecule has 5 nitrogen and oxygen atoms in total. The lowest BCUT2D eigenvalue weighted by molar-refractivity contribution is -0.351. The number of rotatable bonds is 9. The van der Waals surface area contributed by atoms with Gasteiger partial charge in [-0.3, -0.25) is 0 Å². The fraction of sp³-hybridized carbons (Fsp3) is 0.162. The number of para-hydroxylation sites is 1. The van der Waals surface area contributed by atoms with E-state index in [0.29, 0.717) is 25.9 Å². The van der Waals surface area contributed by atoms with Crippen molar-refractivity contribution in [1.82, 2.24) is 0 Å². The number of nitriles is 2. The third-order valence-corrected chi connectivity index (χ3v) is 7.56. The fourth-order valence-corrected chi connectivity index (χ4v) is 5.24. The van der Waals surface area contributed by atoms with Crippen LogP contribution in [0.25, 0.3) is 11.1 Å². The van der Waals surface area contributed by atoms with Crippen LogP contribution in [0.5, 0.6) is 0 Å². The lowest BCUT2D eigenvalue weighted by Gasteiger charge is -2.22. The molecule has 5 rings (SSSR count). The summed E-state index contributed by atoms with van der Waals surface area (Å²) in [6, 6.07) is 40.4. The summed E-state index contributed by atoms with van der Waals surface area (Å²) in [5.41, 5.74) is 11.1. The highest BCUT2D eigenvalue weighted by molar-refractivity contribution is 6.17. The van der Waals surface area contributed by atoms with E-state index >= 15 is 0 Å². The van der Waals surface area contributed by atoms with Crippen molar-refractivity contribution >= 4 is 33.9 Å². The molecule has 1 N–H and O–H groups in total. The van der Waals surface area contributed by atoms with Gasteiger partial charge in [-0.1, -0.05) is 60.7 Å². The lowest BCUT2D eigenvalue weighted by atomic mass is 9.83. The minimum Gasteiger partial charge on any atom is -1.00 e. The summed E-state index contributed by atoms with van der Waals surface area (Å²) in [6.07, 6.45) is 5.35. The molecule has 214 valence electrons. The predicted octanol–water partition coefficient (Wildman–Crippen LogP) is 3.12. The molecule has 0 atom stereocenters. The first kappa shape index (κ1) is 30.8. The van der Waals surface area contributed by atoms with Crippen LogP contribution < -0.4 is 27.2 Å². The second-order valence-corrected chi connectivity index (χ2v) is 10.3. The van der Waals surface area contributed by atoms with Crippen LogP contribution in [0.3, 0.4) is 0 Å². The van der Waals surface area contributed by atoms with Gasteiger partial charge < -0.3 is 22.2 Å². The Morgan fingerprint density at radius 1 is 0.628 bits per heavy atom. The van der Waals surface area contributed by atoms with Crippen molar-refractivity contribution in [2.45, 2.75) is 12.8 Å². The van der Waals surface area contributed by atoms with Crippen molar-refractivity contribution in [3.05, 3.63) is 138 Å². The molecular formula is C37H34ClN5. The molecule has 0 aliphatic heterocycles. The van der Waals surface area contributed by atoms with E-state index < -0.39 is 0 Å². The number of nitrogens with zero attached hydrogens (tertiary/aromatic N) is 4. The summed E-state index contributed by atoms with van der Waals surface area (Å²) >= 11 is 0. The van der Waals surface area contributed by atoms with E-state index in [1.165, 1.54) is 5.56 Å². The molecule has 0 bridgehead atoms. The molecule has 1 aliphatic rings. The molecule has 0 spiro atoms. The molecule has 0 unspecified atom stereocenters. The summed E-state index contributed by atoms with van der Waals surface area (Å²) < 4.78 is 0. The SMILES string of the molecule is CN(CCC#N)c1ccc(C(=C2C=CC(=[NH+]c3ccccc3)c3ccccc32)c2ccc(N(C)CCC#N)cc2)cc1.[Cl-]. The van der Waals surface area contributed by atoms with E-state index in [1.54, 1.807) is 0 Å². The van der Waals surface area contributed by atoms with E-state index in [9.17, 15) is 0 Å². The van der Waals surface area contributed by atoms with Crippen molar-refractivity contribution in [2.75, 3.05) is 37.0 Å². The monoisotopic (exact) mass is 583 g/mol. The van der Waals surface area contributed by atoms with Crippen molar-refractivity contribution in [1.29, 1.82) is 10.5 Å². The molecular weight excluding hydrogens is 550 g/mol. The van der Waals surface area contributed by atoms with Crippen LogP contribution in [-0.4, -0.2) is 32.9 Å². The van der Waals surface area contributed by atoms with E-state index in [4.69, 9.17) is 10.5 Å². The van der Waals surface area contributed by atoms with Gasteiger partial charge in [0.15, 0.2) is 0 Å². The normalized spacial score (nSPS) is 12.5. The smallest absolute Gasteiger partial charge is 0.211 e. The summed E-state index contributed by atoms with van der Waals surface area (Å²) in [6.45, 7) is 1.38. The Morgan fingerprint density at radius 3 is 1.63 bits per heavy atom. The molecule has 0 fully saturated rings. The van der Waals surface area contributed by atoms with Crippen LogP contribution >= 0.6 is 0 Å². The van der Waals surface area contributed by atoms with E-state index in [0.717, 1.165) is 50.6 Å². The van der Waals surface area contributed by atoms with Crippen LogP contribution in [0, 0.1) is 22.7 Å². The fourth-order valence-electron chi connectivity index (χ4n) is 5.24. The highest BCUT2D eigenvalue weighted by atomic mass is 35.5. The molecule has 0 heterocycles. The molecule has 0 amide bonds. The van der Waals surface area contributed by atoms with Crippen molar-refractivity contribution in [3.8, 4) is 12.1 Å². The minimum absolute atomic E-state index is 0. The van der Waals surface area contributed by atoms with Gasteiger partial charge in [-0.2, -0.15) is 10.5 Å². The Kier molecular flexibility index (Phi) is 10.5. The maximum atomic E-state index is 9.01. The molecule has 4 aromatic rings. The largest absolute Gasteiger partial charge is 1.00 e. The van der Waals surface area contributed by atoms with Gasteiger partial charge in [0, 0.05) is 56.8 Å². The number of nitrogens with one attached hydrogen (secondary N) is 1. The van der Waals surface area contributed by atoms with Gasteiger partial charge in [0.05, 0.1) is 30.5 Å². The number of fused-ring (bicyclic) bond motifs is 1. The van der Waals surface area contributed by atoms with Gasteiger partial charge in [0.2, 0.25) is 11.4 Å². The van der Waals surface area contributed by atoms with Crippen LogP contribution in [0.4, 0.5) is 17.1 Å². The zero-order chi connectivity index (χ0) is 29.3. The molecule has 6 heteroatoms. The number of hydrogen-bond acceptors (Lipinski definition) is 4. The standard InChI is InChI=1S/C37H33N5.ClH/c1-41(26-8-24-38)31-18-14-28(15-19-31)37(29-16-20-32(21-17-29)42(2)27-9-25-39)35-22-23-36(34-13-7-6-12-33(34)35)40-30-10-4-3-5-11-30;/h3-7,10-23H,8-9,26-27H2,1-2H3;1H. The number of halogens is 1. The van der Waals surface area contributed by atoms with Gasteiger partial charge in [-0.15, -0.1) is 0 Å². The second kappa shape index (κ2) is 14.7. The van der Waals surface area contributed by atoms with Crippen LogP contribution in [-0.2, 0) is 0 Å². The Bertz CT molecular complexity index is 1640. The summed E-state index contributed by atoms with van der Waals surface area (Å²) in [4.78, 5) is 7.82. The Hall–Kier alpha value is -5.10. The summed E-state index contributed by atoms with van der Waals surface area (Å²) in [7, 11) is 4.04. The van der Waals surface area contributed by atoms with Gasteiger partial charge in [-0.25, -0.2) is 4.99 Å². The summed E-state index contributed by atoms with van der Waals surface area (Å²) in [5.74, 6) is 0. The first-order valence-electron chi connectivity index (χ1n) is 14.2. The van der Waals surface area contributed by atoms with Crippen LogP contribution in [0.1, 0.15) is 35.1 Å². The number of allylic oxidation sites excluding steroid dienone is 3. The molecule has 1 aliphatic carbocycles. The summed E-state index contributed by atoms with van der Waals surface area (Å²) in [5, 5.41) is 18.0. The number of hydrogen-bond donors (Lipinski definition) is 1. The zero-order valence-electron chi connectivity index (χ0n) is 24.5. The molecule has 0 aromatic heterocycles. The second-order valence-electron chi connectivity index (χ2n) is 10.3. The van der Waals surface area contributed by atoms with Gasteiger partial charge in [0.1, 0.15) is 0 Å². The first-order valence-corrected chi connectivity index (χ1v) is 14.2. The highest BCUT2D eigenvalue weighted by Crippen LogP contribution is 2.37. The van der Waals surface area contributed by atoms with Gasteiger partial charge >= 0.3 is 0 Å². The van der Waals surface area contributed by atoms with Gasteiger partial charge in [0.25, 0.3) is 0 Å². The molecule has 4 aromatic carbocycles. The maximum absolute atomic E-state index is 9.01. The van der Waals surface area contributed by atoms with Crippen molar-refractivity contribution < 1.29 is 17.4 Å². The lowest BCUT2D eigenvalue weighted by Crippen LogP contribution is -3.00. The molecule has 43 heavy (non-hydrogen) atoms. The zero-order valence-corrected chi connectivity index (χ0v) is 25.2. The molecule has 0 radical (unpaired) electrons. The highest BCUT2D eigenvalue weighted by Gasteiger charge is 2.23. The van der Waals surface area contributed by atoms with Crippen molar-refractivity contribution in [3.63, 3.8) is 0 Å². The predicted molar refractivity (Wildman–Crippen MR) is 173 cm³/mol. The van der Waals surface area contributed by atoms with Gasteiger partial charge in [-0.05, 0) is 64.2 Å². The Labute approximate surface area is 260 Å². The number of anilines is 2. The third kappa shape index (κ3) is 7.22. The van der Waals surface area contributed by atoms with Crippen LogP contribution in [0.2, 0.25) is 0 Å². The maximum Gasteiger partial charge on any atom is 0.211 e. The molecule has 0 saturated carbocycles. The first-order chi connectivity index (χ1) is 20.6. The third-order valence-electron chi connectivity index (χ3n) is 7.56. The topological polar surface area (TPSA) is 68.0 Å². The van der Waals surface area contributed by atoms with Crippen LogP contribution in [0.15, 0.2) is 115 Å². The quantitative estimate of drug-likeness (QED) is 0.329. The van der Waals surface area contributed by atoms with E-state index in [-0.39, 0.29) is 12.4 Å². The van der Waals surface area contributed by atoms with E-state index in [1.807, 2.05) is 32.3 Å². The van der Waals surface area contributed by atoms with E-state index in [2.05, 4.69) is 124 Å².